The summed E-state index contributed by atoms with van der Waals surface area (Å²) in [6, 6.07) is 0.295. The highest BCUT2D eigenvalue weighted by atomic mass is 32.2. The van der Waals surface area contributed by atoms with Gasteiger partial charge in [-0.3, -0.25) is 0 Å². The van der Waals surface area contributed by atoms with Gasteiger partial charge in [0.2, 0.25) is 0 Å². The van der Waals surface area contributed by atoms with E-state index in [0.717, 1.165) is 5.56 Å². The van der Waals surface area contributed by atoms with Crippen molar-refractivity contribution < 1.29 is 8.42 Å². The van der Waals surface area contributed by atoms with Crippen LogP contribution in [0.2, 0.25) is 0 Å². The molecule has 1 N–H and O–H groups in total. The van der Waals surface area contributed by atoms with Crippen LogP contribution in [0.1, 0.15) is 18.4 Å². The second-order valence-corrected chi connectivity index (χ2v) is 6.36. The molecule has 2 rings (SSSR count). The summed E-state index contributed by atoms with van der Waals surface area (Å²) in [5.41, 5.74) is 1.02. The van der Waals surface area contributed by atoms with Crippen LogP contribution in [0.15, 0.2) is 18.7 Å². The molecular weight excluding hydrogens is 226 g/mol. The fourth-order valence-corrected chi connectivity index (χ4v) is 3.27. The predicted octanol–water partition coefficient (Wildman–Crippen LogP) is 0.143. The molecule has 1 fully saturated rings. The number of sulfone groups is 1. The van der Waals surface area contributed by atoms with Crippen molar-refractivity contribution in [3.63, 3.8) is 0 Å². The first-order valence-electron chi connectivity index (χ1n) is 5.33. The van der Waals surface area contributed by atoms with Crippen LogP contribution in [0, 0.1) is 0 Å². The van der Waals surface area contributed by atoms with Crippen LogP contribution >= 0.6 is 0 Å². The van der Waals surface area contributed by atoms with E-state index < -0.39 is 9.84 Å². The first-order valence-corrected chi connectivity index (χ1v) is 7.15. The third-order valence-corrected chi connectivity index (χ3v) is 4.48. The molecule has 1 aromatic heterocycles. The van der Waals surface area contributed by atoms with E-state index in [1.807, 2.05) is 0 Å². The molecule has 88 valence electrons. The van der Waals surface area contributed by atoms with Crippen molar-refractivity contribution in [3.8, 4) is 0 Å². The molecule has 1 aromatic rings. The van der Waals surface area contributed by atoms with E-state index >= 15 is 0 Å². The van der Waals surface area contributed by atoms with Gasteiger partial charge in [-0.1, -0.05) is 0 Å². The minimum absolute atomic E-state index is 0.295. The zero-order valence-corrected chi connectivity index (χ0v) is 9.78. The van der Waals surface area contributed by atoms with Gasteiger partial charge in [0, 0.05) is 30.5 Å². The van der Waals surface area contributed by atoms with Crippen LogP contribution in [-0.2, 0) is 16.4 Å². The molecule has 0 aliphatic carbocycles. The molecule has 6 heteroatoms. The van der Waals surface area contributed by atoms with E-state index in [9.17, 15) is 8.42 Å². The minimum atomic E-state index is -2.76. The summed E-state index contributed by atoms with van der Waals surface area (Å²) in [5.74, 6) is 0.603. The quantitative estimate of drug-likeness (QED) is 0.815. The van der Waals surface area contributed by atoms with Crippen LogP contribution < -0.4 is 5.32 Å². The number of hydrogen-bond acceptors (Lipinski definition) is 5. The molecule has 0 unspecified atom stereocenters. The molecule has 5 nitrogen and oxygen atoms in total. The zero-order valence-electron chi connectivity index (χ0n) is 8.96. The van der Waals surface area contributed by atoms with Crippen molar-refractivity contribution in [2.45, 2.75) is 25.4 Å². The second-order valence-electron chi connectivity index (χ2n) is 4.05. The molecule has 16 heavy (non-hydrogen) atoms. The lowest BCUT2D eigenvalue weighted by Gasteiger charge is -2.22. The average Bonchev–Trinajstić information content (AvgIpc) is 2.29. The van der Waals surface area contributed by atoms with E-state index in [1.54, 1.807) is 12.4 Å². The fraction of sp³-hybridized carbons (Fsp3) is 0.600. The van der Waals surface area contributed by atoms with Gasteiger partial charge in [-0.25, -0.2) is 18.4 Å². The summed E-state index contributed by atoms with van der Waals surface area (Å²) in [6.45, 7) is 0.700. The first kappa shape index (κ1) is 11.5. The van der Waals surface area contributed by atoms with Gasteiger partial charge in [0.15, 0.2) is 0 Å². The van der Waals surface area contributed by atoms with Gasteiger partial charge in [-0.2, -0.15) is 0 Å². The molecule has 0 amide bonds. The first-order chi connectivity index (χ1) is 7.66. The lowest BCUT2D eigenvalue weighted by Crippen LogP contribution is -2.37. The van der Waals surface area contributed by atoms with Gasteiger partial charge >= 0.3 is 0 Å². The maximum atomic E-state index is 11.2. The Morgan fingerprint density at radius 3 is 2.50 bits per heavy atom. The Labute approximate surface area is 95.2 Å². The Kier molecular flexibility index (Phi) is 3.50. The standard InChI is InChI=1S/C10H15N3O2S/c14-16(15)3-1-10(2-4-16)13-7-9-5-11-8-12-6-9/h5-6,8,10,13H,1-4,7H2. The van der Waals surface area contributed by atoms with Gasteiger partial charge in [0.25, 0.3) is 0 Å². The fourth-order valence-electron chi connectivity index (χ4n) is 1.78. The summed E-state index contributed by atoms with van der Waals surface area (Å²) in [5, 5.41) is 3.33. The van der Waals surface area contributed by atoms with Gasteiger partial charge in [0.1, 0.15) is 16.2 Å². The highest BCUT2D eigenvalue weighted by Gasteiger charge is 2.22. The molecule has 0 bridgehead atoms. The maximum absolute atomic E-state index is 11.2. The second kappa shape index (κ2) is 4.88. The Morgan fingerprint density at radius 1 is 1.25 bits per heavy atom. The number of nitrogens with zero attached hydrogens (tertiary/aromatic N) is 2. The maximum Gasteiger partial charge on any atom is 0.150 e. The van der Waals surface area contributed by atoms with Crippen molar-refractivity contribution >= 4 is 9.84 Å². The molecule has 1 saturated heterocycles. The summed E-state index contributed by atoms with van der Waals surface area (Å²) >= 11 is 0. The van der Waals surface area contributed by atoms with Crippen molar-refractivity contribution in [1.29, 1.82) is 0 Å². The lowest BCUT2D eigenvalue weighted by molar-refractivity contribution is 0.462. The molecule has 0 aromatic carbocycles. The van der Waals surface area contributed by atoms with Crippen molar-refractivity contribution in [2.24, 2.45) is 0 Å². The Morgan fingerprint density at radius 2 is 1.88 bits per heavy atom. The number of rotatable bonds is 3. The average molecular weight is 241 g/mol. The third kappa shape index (κ3) is 3.24. The molecule has 1 aliphatic rings. The lowest BCUT2D eigenvalue weighted by atomic mass is 10.1. The van der Waals surface area contributed by atoms with E-state index in [1.165, 1.54) is 6.33 Å². The Hall–Kier alpha value is -1.01. The van der Waals surface area contributed by atoms with Crippen LogP contribution in [0.4, 0.5) is 0 Å². The van der Waals surface area contributed by atoms with Gasteiger partial charge < -0.3 is 5.32 Å². The van der Waals surface area contributed by atoms with Crippen molar-refractivity contribution in [3.05, 3.63) is 24.3 Å². The summed E-state index contributed by atoms with van der Waals surface area (Å²) in [6.07, 6.45) is 6.43. The summed E-state index contributed by atoms with van der Waals surface area (Å²) in [4.78, 5) is 7.85. The molecule has 0 radical (unpaired) electrons. The smallest absolute Gasteiger partial charge is 0.150 e. The summed E-state index contributed by atoms with van der Waals surface area (Å²) < 4.78 is 22.4. The van der Waals surface area contributed by atoms with Crippen LogP contribution in [0.25, 0.3) is 0 Å². The molecule has 0 atom stereocenters. The van der Waals surface area contributed by atoms with E-state index in [-0.39, 0.29) is 0 Å². The molecule has 0 saturated carbocycles. The zero-order chi connectivity index (χ0) is 11.4. The number of hydrogen-bond donors (Lipinski definition) is 1. The van der Waals surface area contributed by atoms with Gasteiger partial charge in [-0.15, -0.1) is 0 Å². The molecule has 2 heterocycles. The van der Waals surface area contributed by atoms with Gasteiger partial charge in [0.05, 0.1) is 11.5 Å². The van der Waals surface area contributed by atoms with Crippen molar-refractivity contribution in [1.82, 2.24) is 15.3 Å². The molecular formula is C10H15N3O2S. The SMILES string of the molecule is O=S1(=O)CCC(NCc2cncnc2)CC1. The van der Waals surface area contributed by atoms with Gasteiger partial charge in [-0.05, 0) is 12.8 Å². The normalized spacial score (nSPS) is 20.8. The number of nitrogens with one attached hydrogen (secondary N) is 1. The van der Waals surface area contributed by atoms with Crippen LogP contribution in [0.5, 0.6) is 0 Å². The highest BCUT2D eigenvalue weighted by Crippen LogP contribution is 2.12. The molecule has 0 spiro atoms. The Balaban J connectivity index is 1.80. The predicted molar refractivity (Wildman–Crippen MR) is 60.5 cm³/mol. The number of aromatic nitrogens is 2. The highest BCUT2D eigenvalue weighted by molar-refractivity contribution is 7.91. The Bertz CT molecular complexity index is 419. The van der Waals surface area contributed by atoms with E-state index in [0.29, 0.717) is 36.9 Å². The molecule has 1 aliphatic heterocycles. The van der Waals surface area contributed by atoms with Crippen LogP contribution in [0.3, 0.4) is 0 Å². The topological polar surface area (TPSA) is 72.0 Å². The van der Waals surface area contributed by atoms with E-state index in [2.05, 4.69) is 15.3 Å². The third-order valence-electron chi connectivity index (χ3n) is 2.76. The monoisotopic (exact) mass is 241 g/mol. The van der Waals surface area contributed by atoms with Crippen molar-refractivity contribution in [2.75, 3.05) is 11.5 Å². The van der Waals surface area contributed by atoms with E-state index in [4.69, 9.17) is 0 Å². The summed E-state index contributed by atoms with van der Waals surface area (Å²) in [7, 11) is -2.76. The van der Waals surface area contributed by atoms with Crippen LogP contribution in [-0.4, -0.2) is 35.9 Å². The minimum Gasteiger partial charge on any atom is -0.310 e. The largest absolute Gasteiger partial charge is 0.310 e.